The molecule has 2 N–H and O–H groups in total. The van der Waals surface area contributed by atoms with Gasteiger partial charge in [-0.25, -0.2) is 0 Å². The summed E-state index contributed by atoms with van der Waals surface area (Å²) >= 11 is 11.9. The molecular weight excluding hydrogens is 399 g/mol. The third-order valence-electron chi connectivity index (χ3n) is 4.37. The van der Waals surface area contributed by atoms with E-state index in [1.807, 2.05) is 30.5 Å². The highest BCUT2D eigenvalue weighted by Crippen LogP contribution is 2.25. The largest absolute Gasteiger partial charge is 0.453 e. The number of esters is 1. The zero-order chi connectivity index (χ0) is 20.1. The molecule has 0 saturated heterocycles. The smallest absolute Gasteiger partial charge is 0.306 e. The molecule has 28 heavy (non-hydrogen) atoms. The maximum atomic E-state index is 12.2. The van der Waals surface area contributed by atoms with Gasteiger partial charge in [-0.3, -0.25) is 9.59 Å². The fraction of sp³-hybridized carbons (Fsp3) is 0.238. The van der Waals surface area contributed by atoms with E-state index in [0.717, 1.165) is 22.9 Å². The summed E-state index contributed by atoms with van der Waals surface area (Å²) in [6.45, 7) is 1.52. The number of rotatable bonds is 7. The van der Waals surface area contributed by atoms with Crippen molar-refractivity contribution in [1.29, 1.82) is 0 Å². The van der Waals surface area contributed by atoms with E-state index in [0.29, 0.717) is 22.2 Å². The molecule has 0 aliphatic rings. The number of hydrogen-bond donors (Lipinski definition) is 2. The second kappa shape index (κ2) is 9.13. The van der Waals surface area contributed by atoms with Crippen molar-refractivity contribution in [3.05, 3.63) is 64.3 Å². The molecule has 0 aliphatic carbocycles. The second-order valence-corrected chi connectivity index (χ2v) is 7.30. The Hall–Kier alpha value is -2.50. The lowest BCUT2D eigenvalue weighted by Gasteiger charge is -2.14. The quantitative estimate of drug-likeness (QED) is 0.506. The number of anilines is 1. The maximum Gasteiger partial charge on any atom is 0.306 e. The van der Waals surface area contributed by atoms with Gasteiger partial charge < -0.3 is 15.0 Å². The molecule has 1 atom stereocenters. The van der Waals surface area contributed by atoms with Crippen molar-refractivity contribution >= 4 is 51.7 Å². The summed E-state index contributed by atoms with van der Waals surface area (Å²) in [7, 11) is 0. The average Bonchev–Trinajstić information content (AvgIpc) is 3.07. The lowest BCUT2D eigenvalue weighted by Crippen LogP contribution is -2.30. The minimum absolute atomic E-state index is 0.235. The van der Waals surface area contributed by atoms with E-state index in [1.165, 1.54) is 13.0 Å². The van der Waals surface area contributed by atoms with Crippen molar-refractivity contribution in [3.63, 3.8) is 0 Å². The van der Waals surface area contributed by atoms with Crippen LogP contribution in [0.2, 0.25) is 10.0 Å². The standard InChI is InChI=1S/C21H20Cl2N2O3/c1-13(21(27)25-19-10-9-15(22)11-17(19)23)28-20(26)8-4-5-14-12-24-18-7-3-2-6-16(14)18/h2-3,6-7,9-13,24H,4-5,8H2,1H3,(H,25,27)/t13-/m0/s1. The van der Waals surface area contributed by atoms with Crippen molar-refractivity contribution in [2.24, 2.45) is 0 Å². The number of H-pyrrole nitrogens is 1. The minimum Gasteiger partial charge on any atom is -0.453 e. The minimum atomic E-state index is -0.924. The summed E-state index contributed by atoms with van der Waals surface area (Å²) in [5, 5.41) is 4.57. The summed E-state index contributed by atoms with van der Waals surface area (Å²) in [4.78, 5) is 27.5. The predicted molar refractivity (Wildman–Crippen MR) is 112 cm³/mol. The number of aromatic nitrogens is 1. The first-order valence-corrected chi connectivity index (χ1v) is 9.70. The molecule has 3 aromatic rings. The van der Waals surface area contributed by atoms with Gasteiger partial charge in [0.2, 0.25) is 0 Å². The van der Waals surface area contributed by atoms with E-state index in [-0.39, 0.29) is 6.42 Å². The van der Waals surface area contributed by atoms with Crippen LogP contribution >= 0.6 is 23.2 Å². The van der Waals surface area contributed by atoms with E-state index in [4.69, 9.17) is 27.9 Å². The van der Waals surface area contributed by atoms with Crippen molar-refractivity contribution in [3.8, 4) is 0 Å². The normalized spacial score (nSPS) is 12.0. The Morgan fingerprint density at radius 2 is 1.96 bits per heavy atom. The Bertz CT molecular complexity index is 1000. The number of carbonyl (C=O) groups excluding carboxylic acids is 2. The Morgan fingerprint density at radius 3 is 2.75 bits per heavy atom. The first-order valence-electron chi connectivity index (χ1n) is 8.94. The van der Waals surface area contributed by atoms with Crippen LogP contribution in [0.25, 0.3) is 10.9 Å². The van der Waals surface area contributed by atoms with Crippen LogP contribution in [-0.4, -0.2) is 23.0 Å². The van der Waals surface area contributed by atoms with E-state index < -0.39 is 18.0 Å². The van der Waals surface area contributed by atoms with Gasteiger partial charge in [-0.1, -0.05) is 41.4 Å². The molecule has 3 rings (SSSR count). The molecule has 0 aliphatic heterocycles. The van der Waals surface area contributed by atoms with E-state index in [2.05, 4.69) is 10.3 Å². The highest BCUT2D eigenvalue weighted by Gasteiger charge is 2.19. The van der Waals surface area contributed by atoms with Gasteiger partial charge in [-0.05, 0) is 49.6 Å². The lowest BCUT2D eigenvalue weighted by molar-refractivity contribution is -0.153. The monoisotopic (exact) mass is 418 g/mol. The summed E-state index contributed by atoms with van der Waals surface area (Å²) in [5.74, 6) is -0.862. The van der Waals surface area contributed by atoms with Crippen molar-refractivity contribution in [2.45, 2.75) is 32.3 Å². The third kappa shape index (κ3) is 5.06. The second-order valence-electron chi connectivity index (χ2n) is 6.46. The van der Waals surface area contributed by atoms with Crippen molar-refractivity contribution < 1.29 is 14.3 Å². The number of amides is 1. The zero-order valence-corrected chi connectivity index (χ0v) is 16.8. The van der Waals surface area contributed by atoms with Crippen LogP contribution in [0.4, 0.5) is 5.69 Å². The first kappa shape index (κ1) is 20.2. The topological polar surface area (TPSA) is 71.2 Å². The molecule has 0 saturated carbocycles. The molecular formula is C21H20Cl2N2O3. The molecule has 0 radical (unpaired) electrons. The number of carbonyl (C=O) groups is 2. The molecule has 0 unspecified atom stereocenters. The molecule has 1 aromatic heterocycles. The molecule has 0 spiro atoms. The summed E-state index contributed by atoms with van der Waals surface area (Å²) < 4.78 is 5.23. The number of aryl methyl sites for hydroxylation is 1. The number of nitrogens with one attached hydrogen (secondary N) is 2. The highest BCUT2D eigenvalue weighted by molar-refractivity contribution is 6.36. The molecule has 0 bridgehead atoms. The SMILES string of the molecule is C[C@H](OC(=O)CCCc1c[nH]c2ccccc12)C(=O)Nc1ccc(Cl)cc1Cl. The Labute approximate surface area is 173 Å². The van der Waals surface area contributed by atoms with Crippen LogP contribution in [-0.2, 0) is 20.7 Å². The summed E-state index contributed by atoms with van der Waals surface area (Å²) in [5.41, 5.74) is 2.65. The van der Waals surface area contributed by atoms with Crippen LogP contribution in [0, 0.1) is 0 Å². The molecule has 2 aromatic carbocycles. The number of halogens is 2. The predicted octanol–water partition coefficient (Wildman–Crippen LogP) is 5.37. The van der Waals surface area contributed by atoms with Crippen LogP contribution in [0.1, 0.15) is 25.3 Å². The molecule has 0 fully saturated rings. The summed E-state index contributed by atoms with van der Waals surface area (Å²) in [6, 6.07) is 12.8. The van der Waals surface area contributed by atoms with Crippen LogP contribution in [0.15, 0.2) is 48.7 Å². The number of para-hydroxylation sites is 1. The van der Waals surface area contributed by atoms with Crippen LogP contribution in [0.5, 0.6) is 0 Å². The fourth-order valence-corrected chi connectivity index (χ4v) is 3.35. The molecule has 7 heteroatoms. The van der Waals surface area contributed by atoms with E-state index >= 15 is 0 Å². The van der Waals surface area contributed by atoms with Gasteiger partial charge in [-0.15, -0.1) is 0 Å². The van der Waals surface area contributed by atoms with E-state index in [9.17, 15) is 9.59 Å². The zero-order valence-electron chi connectivity index (χ0n) is 15.3. The lowest BCUT2D eigenvalue weighted by atomic mass is 10.1. The number of benzene rings is 2. The number of aromatic amines is 1. The van der Waals surface area contributed by atoms with Gasteiger partial charge >= 0.3 is 5.97 Å². The number of ether oxygens (including phenoxy) is 1. The van der Waals surface area contributed by atoms with Gasteiger partial charge in [0, 0.05) is 28.5 Å². The average molecular weight is 419 g/mol. The highest BCUT2D eigenvalue weighted by atomic mass is 35.5. The van der Waals surface area contributed by atoms with Gasteiger partial charge in [-0.2, -0.15) is 0 Å². The fourth-order valence-electron chi connectivity index (χ4n) is 2.90. The molecule has 1 heterocycles. The number of fused-ring (bicyclic) bond motifs is 1. The summed E-state index contributed by atoms with van der Waals surface area (Å²) in [6.07, 6.45) is 2.66. The van der Waals surface area contributed by atoms with Crippen molar-refractivity contribution in [1.82, 2.24) is 4.98 Å². The Kier molecular flexibility index (Phi) is 6.60. The van der Waals surface area contributed by atoms with Crippen LogP contribution < -0.4 is 5.32 Å². The maximum absolute atomic E-state index is 12.2. The van der Waals surface area contributed by atoms with E-state index in [1.54, 1.807) is 12.1 Å². The molecule has 5 nitrogen and oxygen atoms in total. The van der Waals surface area contributed by atoms with Gasteiger partial charge in [0.15, 0.2) is 6.10 Å². The van der Waals surface area contributed by atoms with Crippen molar-refractivity contribution in [2.75, 3.05) is 5.32 Å². The van der Waals surface area contributed by atoms with Gasteiger partial charge in [0.05, 0.1) is 10.7 Å². The molecule has 146 valence electrons. The number of hydrogen-bond acceptors (Lipinski definition) is 3. The van der Waals surface area contributed by atoms with Crippen LogP contribution in [0.3, 0.4) is 0 Å². The Morgan fingerprint density at radius 1 is 1.18 bits per heavy atom. The molecule has 1 amide bonds. The Balaban J connectivity index is 1.46. The first-order chi connectivity index (χ1) is 13.4. The van der Waals surface area contributed by atoms with Gasteiger partial charge in [0.1, 0.15) is 0 Å². The van der Waals surface area contributed by atoms with Gasteiger partial charge in [0.25, 0.3) is 5.91 Å². The third-order valence-corrected chi connectivity index (χ3v) is 4.92.